The van der Waals surface area contributed by atoms with Crippen molar-refractivity contribution in [1.29, 1.82) is 0 Å². The molecule has 0 N–H and O–H groups in total. The fourth-order valence-electron chi connectivity index (χ4n) is 4.33. The summed E-state index contributed by atoms with van der Waals surface area (Å²) in [5, 5.41) is 0. The highest BCUT2D eigenvalue weighted by Gasteiger charge is 2.31. The molecule has 2 aromatic rings. The van der Waals surface area contributed by atoms with Crippen LogP contribution in [-0.4, -0.2) is 65.8 Å². The van der Waals surface area contributed by atoms with Gasteiger partial charge in [0, 0.05) is 62.5 Å². The Hall–Kier alpha value is -2.25. The predicted octanol–water partition coefficient (Wildman–Crippen LogP) is 3.46. The van der Waals surface area contributed by atoms with Crippen molar-refractivity contribution in [2.24, 2.45) is 5.92 Å². The van der Waals surface area contributed by atoms with Gasteiger partial charge in [-0.1, -0.05) is 12.1 Å². The monoisotopic (exact) mass is 429 g/mol. The molecule has 2 amide bonds. The van der Waals surface area contributed by atoms with Crippen molar-refractivity contribution in [2.45, 2.75) is 26.3 Å². The number of hydrogen-bond acceptors (Lipinski definition) is 4. The molecule has 2 saturated heterocycles. The molecule has 0 aliphatic carbocycles. The highest BCUT2D eigenvalue weighted by atomic mass is 32.1. The summed E-state index contributed by atoms with van der Waals surface area (Å²) in [6.45, 7) is 6.93. The lowest BCUT2D eigenvalue weighted by Crippen LogP contribution is -2.52. The van der Waals surface area contributed by atoms with Crippen LogP contribution in [0.5, 0.6) is 0 Å². The second-order valence-corrected chi connectivity index (χ2v) is 9.35. The summed E-state index contributed by atoms with van der Waals surface area (Å²) >= 11 is 1.69. The average molecular weight is 430 g/mol. The van der Waals surface area contributed by atoms with Crippen LogP contribution >= 0.6 is 11.3 Å². The van der Waals surface area contributed by atoms with Crippen LogP contribution in [0.4, 0.5) is 4.39 Å². The number of piperazine rings is 1. The molecular formula is C23H28FN3O2S. The number of hydrogen-bond donors (Lipinski definition) is 0. The summed E-state index contributed by atoms with van der Waals surface area (Å²) in [5.41, 5.74) is 0.911. The molecule has 160 valence electrons. The molecule has 0 radical (unpaired) electrons. The first-order chi connectivity index (χ1) is 14.5. The summed E-state index contributed by atoms with van der Waals surface area (Å²) in [6, 6.07) is 10.9. The van der Waals surface area contributed by atoms with Crippen molar-refractivity contribution in [3.8, 4) is 10.4 Å². The van der Waals surface area contributed by atoms with Gasteiger partial charge in [-0.3, -0.25) is 14.5 Å². The van der Waals surface area contributed by atoms with Crippen LogP contribution < -0.4 is 0 Å². The predicted molar refractivity (Wildman–Crippen MR) is 117 cm³/mol. The number of benzene rings is 1. The Balaban J connectivity index is 1.29. The standard InChI is InChI=1S/C23H28FN3O2S/c1-17(28)27-9-3-5-19(15-27)23(29)26-12-10-25(11-13-26)16-21-7-8-22(30-21)18-4-2-6-20(24)14-18/h2,4,6-8,14,19H,3,5,9-13,15-16H2,1H3/t19-/m1/s1. The lowest BCUT2D eigenvalue weighted by molar-refractivity contribution is -0.141. The molecule has 0 spiro atoms. The largest absolute Gasteiger partial charge is 0.342 e. The van der Waals surface area contributed by atoms with Crippen molar-refractivity contribution in [3.05, 3.63) is 47.1 Å². The summed E-state index contributed by atoms with van der Waals surface area (Å²) in [5.74, 6) is -0.0102. The zero-order chi connectivity index (χ0) is 21.1. The van der Waals surface area contributed by atoms with Crippen molar-refractivity contribution >= 4 is 23.2 Å². The van der Waals surface area contributed by atoms with Gasteiger partial charge < -0.3 is 9.80 Å². The van der Waals surface area contributed by atoms with E-state index >= 15 is 0 Å². The number of nitrogens with zero attached hydrogens (tertiary/aromatic N) is 3. The number of amides is 2. The summed E-state index contributed by atoms with van der Waals surface area (Å²) in [4.78, 5) is 33.0. The molecule has 0 bridgehead atoms. The van der Waals surface area contributed by atoms with Crippen molar-refractivity contribution in [2.75, 3.05) is 39.3 Å². The normalized spacial score (nSPS) is 20.4. The first-order valence-corrected chi connectivity index (χ1v) is 11.4. The van der Waals surface area contributed by atoms with Gasteiger partial charge in [-0.25, -0.2) is 4.39 Å². The van der Waals surface area contributed by atoms with E-state index in [2.05, 4.69) is 17.0 Å². The van der Waals surface area contributed by atoms with E-state index < -0.39 is 0 Å². The van der Waals surface area contributed by atoms with Gasteiger partial charge in [-0.05, 0) is 42.7 Å². The van der Waals surface area contributed by atoms with Crippen LogP contribution in [-0.2, 0) is 16.1 Å². The van der Waals surface area contributed by atoms with Crippen molar-refractivity contribution < 1.29 is 14.0 Å². The molecule has 1 aromatic heterocycles. The van der Waals surface area contributed by atoms with Crippen LogP contribution in [0.15, 0.2) is 36.4 Å². The fourth-order valence-corrected chi connectivity index (χ4v) is 5.38. The molecule has 0 unspecified atom stereocenters. The van der Waals surface area contributed by atoms with E-state index in [4.69, 9.17) is 0 Å². The van der Waals surface area contributed by atoms with Gasteiger partial charge in [0.2, 0.25) is 11.8 Å². The topological polar surface area (TPSA) is 43.9 Å². The summed E-state index contributed by atoms with van der Waals surface area (Å²) in [7, 11) is 0. The maximum Gasteiger partial charge on any atom is 0.227 e. The SMILES string of the molecule is CC(=O)N1CCC[C@@H](C(=O)N2CCN(Cc3ccc(-c4cccc(F)c4)s3)CC2)C1. The molecule has 7 heteroatoms. The number of likely N-dealkylation sites (tertiary alicyclic amines) is 1. The Morgan fingerprint density at radius 1 is 1.07 bits per heavy atom. The quantitative estimate of drug-likeness (QED) is 0.748. The highest BCUT2D eigenvalue weighted by Crippen LogP contribution is 2.29. The number of piperidine rings is 1. The molecular weight excluding hydrogens is 401 g/mol. The van der Waals surface area contributed by atoms with Gasteiger partial charge in [0.05, 0.1) is 5.92 Å². The number of rotatable bonds is 4. The van der Waals surface area contributed by atoms with Crippen LogP contribution in [0.25, 0.3) is 10.4 Å². The number of carbonyl (C=O) groups excluding carboxylic acids is 2. The molecule has 2 fully saturated rings. The molecule has 1 atom stereocenters. The van der Waals surface area contributed by atoms with Crippen LogP contribution in [0.1, 0.15) is 24.6 Å². The zero-order valence-corrected chi connectivity index (χ0v) is 18.2. The van der Waals surface area contributed by atoms with Crippen molar-refractivity contribution in [3.63, 3.8) is 0 Å². The minimum Gasteiger partial charge on any atom is -0.342 e. The van der Waals surface area contributed by atoms with Crippen molar-refractivity contribution in [1.82, 2.24) is 14.7 Å². The molecule has 1 aromatic carbocycles. The molecule has 30 heavy (non-hydrogen) atoms. The minimum absolute atomic E-state index is 0.0553. The van der Waals surface area contributed by atoms with Gasteiger partial charge >= 0.3 is 0 Å². The van der Waals surface area contributed by atoms with E-state index in [1.54, 1.807) is 35.3 Å². The Morgan fingerprint density at radius 2 is 1.87 bits per heavy atom. The molecule has 3 heterocycles. The van der Waals surface area contributed by atoms with E-state index in [9.17, 15) is 14.0 Å². The third kappa shape index (κ3) is 4.90. The molecule has 0 saturated carbocycles. The fraction of sp³-hybridized carbons (Fsp3) is 0.478. The molecule has 2 aliphatic heterocycles. The van der Waals surface area contributed by atoms with Gasteiger partial charge in [0.15, 0.2) is 0 Å². The third-order valence-corrected chi connectivity index (χ3v) is 7.17. The Morgan fingerprint density at radius 3 is 2.60 bits per heavy atom. The second kappa shape index (κ2) is 9.27. The second-order valence-electron chi connectivity index (χ2n) is 8.18. The van der Waals surface area contributed by atoms with Crippen LogP contribution in [0, 0.1) is 11.7 Å². The maximum absolute atomic E-state index is 13.5. The van der Waals surface area contributed by atoms with E-state index in [-0.39, 0.29) is 23.5 Å². The van der Waals surface area contributed by atoms with Gasteiger partial charge in [0.25, 0.3) is 0 Å². The minimum atomic E-state index is -0.215. The number of carbonyl (C=O) groups is 2. The van der Waals surface area contributed by atoms with E-state index in [0.717, 1.165) is 62.6 Å². The van der Waals surface area contributed by atoms with Crippen LogP contribution in [0.2, 0.25) is 0 Å². The first-order valence-electron chi connectivity index (χ1n) is 10.6. The average Bonchev–Trinajstić information content (AvgIpc) is 3.22. The van der Waals surface area contributed by atoms with E-state index in [1.165, 1.54) is 10.9 Å². The maximum atomic E-state index is 13.5. The Bertz CT molecular complexity index is 907. The lowest BCUT2D eigenvalue weighted by Gasteiger charge is -2.38. The summed E-state index contributed by atoms with van der Waals surface area (Å²) in [6.07, 6.45) is 1.78. The first kappa shape index (κ1) is 21.0. The summed E-state index contributed by atoms with van der Waals surface area (Å²) < 4.78 is 13.5. The molecule has 4 rings (SSSR count). The number of thiophene rings is 1. The van der Waals surface area contributed by atoms with Gasteiger partial charge in [-0.2, -0.15) is 0 Å². The van der Waals surface area contributed by atoms with Gasteiger partial charge in [-0.15, -0.1) is 11.3 Å². The lowest BCUT2D eigenvalue weighted by atomic mass is 9.96. The number of halogens is 1. The molecule has 2 aliphatic rings. The highest BCUT2D eigenvalue weighted by molar-refractivity contribution is 7.15. The Labute approximate surface area is 181 Å². The van der Waals surface area contributed by atoms with Crippen LogP contribution in [0.3, 0.4) is 0 Å². The Kier molecular flexibility index (Phi) is 6.49. The van der Waals surface area contributed by atoms with E-state index in [0.29, 0.717) is 6.54 Å². The zero-order valence-electron chi connectivity index (χ0n) is 17.3. The smallest absolute Gasteiger partial charge is 0.227 e. The van der Waals surface area contributed by atoms with Gasteiger partial charge in [0.1, 0.15) is 5.82 Å². The molecule has 5 nitrogen and oxygen atoms in total. The van der Waals surface area contributed by atoms with E-state index in [1.807, 2.05) is 11.0 Å². The third-order valence-electron chi connectivity index (χ3n) is 6.05.